The van der Waals surface area contributed by atoms with Gasteiger partial charge in [0, 0.05) is 19.6 Å². The Hall–Kier alpha value is -0.260. The Kier molecular flexibility index (Phi) is 9.77. The van der Waals surface area contributed by atoms with Crippen molar-refractivity contribution < 1.29 is 0 Å². The van der Waals surface area contributed by atoms with Gasteiger partial charge in [-0.3, -0.25) is 4.99 Å². The topological polar surface area (TPSA) is 36.4 Å². The summed E-state index contributed by atoms with van der Waals surface area (Å²) in [7, 11) is 0. The maximum atomic E-state index is 4.52. The Bertz CT molecular complexity index is 228. The third-order valence-corrected chi connectivity index (χ3v) is 2.53. The number of allylic oxidation sites excluding steroid dienone is 1. The molecular weight excluding hydrogens is 313 g/mol. The lowest BCUT2D eigenvalue weighted by molar-refractivity contribution is 0.815. The molecule has 3 nitrogen and oxygen atoms in total. The van der Waals surface area contributed by atoms with E-state index < -0.39 is 0 Å². The molecule has 1 rings (SSSR count). The summed E-state index contributed by atoms with van der Waals surface area (Å²) in [4.78, 5) is 4.52. The van der Waals surface area contributed by atoms with E-state index in [4.69, 9.17) is 0 Å². The van der Waals surface area contributed by atoms with Crippen molar-refractivity contribution in [2.75, 3.05) is 19.6 Å². The van der Waals surface area contributed by atoms with E-state index >= 15 is 0 Å². The zero-order valence-corrected chi connectivity index (χ0v) is 12.7. The van der Waals surface area contributed by atoms with Crippen molar-refractivity contribution in [2.24, 2.45) is 4.99 Å². The van der Waals surface area contributed by atoms with Gasteiger partial charge < -0.3 is 10.6 Å². The SMILES string of the molecule is CCNC(=NCCC1=CCCC1)NCC.I. The third-order valence-electron chi connectivity index (χ3n) is 2.53. The summed E-state index contributed by atoms with van der Waals surface area (Å²) in [5.41, 5.74) is 1.59. The van der Waals surface area contributed by atoms with Crippen LogP contribution < -0.4 is 10.6 Å². The molecule has 0 spiro atoms. The molecule has 1 aliphatic carbocycles. The Morgan fingerprint density at radius 3 is 2.50 bits per heavy atom. The van der Waals surface area contributed by atoms with E-state index in [2.05, 4.69) is 35.5 Å². The van der Waals surface area contributed by atoms with Crippen molar-refractivity contribution in [1.29, 1.82) is 0 Å². The molecule has 0 unspecified atom stereocenters. The first-order valence-electron chi connectivity index (χ1n) is 6.07. The zero-order chi connectivity index (χ0) is 10.9. The maximum Gasteiger partial charge on any atom is 0.191 e. The first-order chi connectivity index (χ1) is 7.36. The van der Waals surface area contributed by atoms with Crippen molar-refractivity contribution in [3.8, 4) is 0 Å². The molecule has 0 aromatic carbocycles. The van der Waals surface area contributed by atoms with Crippen LogP contribution in [0.3, 0.4) is 0 Å². The lowest BCUT2D eigenvalue weighted by Crippen LogP contribution is -2.37. The first-order valence-corrected chi connectivity index (χ1v) is 6.07. The van der Waals surface area contributed by atoms with Crippen molar-refractivity contribution in [1.82, 2.24) is 10.6 Å². The minimum absolute atomic E-state index is 0. The van der Waals surface area contributed by atoms with Gasteiger partial charge in [0.05, 0.1) is 0 Å². The van der Waals surface area contributed by atoms with Gasteiger partial charge in [0.15, 0.2) is 5.96 Å². The van der Waals surface area contributed by atoms with Gasteiger partial charge in [-0.15, -0.1) is 24.0 Å². The molecule has 0 aliphatic heterocycles. The van der Waals surface area contributed by atoms with Gasteiger partial charge in [-0.2, -0.15) is 0 Å². The number of nitrogens with zero attached hydrogens (tertiary/aromatic N) is 1. The molecule has 0 aromatic heterocycles. The second kappa shape index (κ2) is 9.93. The van der Waals surface area contributed by atoms with E-state index in [0.717, 1.165) is 32.0 Å². The van der Waals surface area contributed by atoms with Crippen LogP contribution in [0.2, 0.25) is 0 Å². The van der Waals surface area contributed by atoms with Gasteiger partial charge in [-0.05, 0) is 39.5 Å². The summed E-state index contributed by atoms with van der Waals surface area (Å²) in [6, 6.07) is 0. The second-order valence-corrected chi connectivity index (χ2v) is 3.80. The minimum Gasteiger partial charge on any atom is -0.357 e. The van der Waals surface area contributed by atoms with E-state index in [1.165, 1.54) is 19.3 Å². The van der Waals surface area contributed by atoms with Crippen LogP contribution in [-0.2, 0) is 0 Å². The summed E-state index contributed by atoms with van der Waals surface area (Å²) in [5.74, 6) is 0.943. The van der Waals surface area contributed by atoms with Crippen LogP contribution in [-0.4, -0.2) is 25.6 Å². The van der Waals surface area contributed by atoms with Crippen molar-refractivity contribution in [2.45, 2.75) is 39.5 Å². The van der Waals surface area contributed by atoms with Gasteiger partial charge >= 0.3 is 0 Å². The number of guanidine groups is 1. The van der Waals surface area contributed by atoms with E-state index in [-0.39, 0.29) is 24.0 Å². The number of halogens is 1. The molecule has 0 heterocycles. The quantitative estimate of drug-likeness (QED) is 0.350. The molecule has 0 aromatic rings. The molecule has 0 saturated carbocycles. The van der Waals surface area contributed by atoms with Gasteiger partial charge in [0.25, 0.3) is 0 Å². The smallest absolute Gasteiger partial charge is 0.191 e. The normalized spacial score (nSPS) is 13.8. The summed E-state index contributed by atoms with van der Waals surface area (Å²) in [6.45, 7) is 6.93. The molecule has 2 N–H and O–H groups in total. The predicted molar refractivity (Wildman–Crippen MR) is 81.6 cm³/mol. The summed E-state index contributed by atoms with van der Waals surface area (Å²) < 4.78 is 0. The monoisotopic (exact) mass is 337 g/mol. The van der Waals surface area contributed by atoms with E-state index in [1.54, 1.807) is 5.57 Å². The highest BCUT2D eigenvalue weighted by Crippen LogP contribution is 2.20. The summed E-state index contributed by atoms with van der Waals surface area (Å²) in [6.07, 6.45) is 7.39. The van der Waals surface area contributed by atoms with Gasteiger partial charge in [0.2, 0.25) is 0 Å². The highest BCUT2D eigenvalue weighted by Gasteiger charge is 2.03. The van der Waals surface area contributed by atoms with Crippen LogP contribution in [0.4, 0.5) is 0 Å². The molecule has 94 valence electrons. The van der Waals surface area contributed by atoms with Crippen molar-refractivity contribution in [3.05, 3.63) is 11.6 Å². The van der Waals surface area contributed by atoms with Crippen molar-refractivity contribution >= 4 is 29.9 Å². The fourth-order valence-electron chi connectivity index (χ4n) is 1.78. The summed E-state index contributed by atoms with van der Waals surface area (Å²) >= 11 is 0. The van der Waals surface area contributed by atoms with Crippen LogP contribution in [0.5, 0.6) is 0 Å². The highest BCUT2D eigenvalue weighted by atomic mass is 127. The molecule has 0 saturated heterocycles. The molecule has 0 atom stereocenters. The molecule has 16 heavy (non-hydrogen) atoms. The standard InChI is InChI=1S/C12H23N3.HI/c1-3-13-12(14-4-2)15-10-9-11-7-5-6-8-11;/h7H,3-6,8-10H2,1-2H3,(H2,13,14,15);1H. The highest BCUT2D eigenvalue weighted by molar-refractivity contribution is 14.0. The Morgan fingerprint density at radius 1 is 1.31 bits per heavy atom. The molecule has 1 aliphatic rings. The predicted octanol–water partition coefficient (Wildman–Crippen LogP) is 2.68. The van der Waals surface area contributed by atoms with Gasteiger partial charge in [0.1, 0.15) is 0 Å². The number of hydrogen-bond acceptors (Lipinski definition) is 1. The number of nitrogens with one attached hydrogen (secondary N) is 2. The number of rotatable bonds is 5. The minimum atomic E-state index is 0. The average Bonchev–Trinajstić information content (AvgIpc) is 2.71. The molecule has 0 bridgehead atoms. The van der Waals surface area contributed by atoms with Crippen LogP contribution in [0, 0.1) is 0 Å². The van der Waals surface area contributed by atoms with Crippen LogP contribution in [0.1, 0.15) is 39.5 Å². The van der Waals surface area contributed by atoms with Crippen LogP contribution >= 0.6 is 24.0 Å². The molecule has 4 heteroatoms. The number of aliphatic imine (C=N–C) groups is 1. The number of hydrogen-bond donors (Lipinski definition) is 2. The lowest BCUT2D eigenvalue weighted by atomic mass is 10.2. The van der Waals surface area contributed by atoms with Crippen molar-refractivity contribution in [3.63, 3.8) is 0 Å². The lowest BCUT2D eigenvalue weighted by Gasteiger charge is -2.09. The Balaban J connectivity index is 0.00000225. The van der Waals surface area contributed by atoms with E-state index in [9.17, 15) is 0 Å². The summed E-state index contributed by atoms with van der Waals surface area (Å²) in [5, 5.41) is 6.46. The fourth-order valence-corrected chi connectivity index (χ4v) is 1.78. The van der Waals surface area contributed by atoms with E-state index in [1.807, 2.05) is 0 Å². The Labute approximate surface area is 116 Å². The second-order valence-electron chi connectivity index (χ2n) is 3.80. The fraction of sp³-hybridized carbons (Fsp3) is 0.750. The molecule has 0 fully saturated rings. The van der Waals surface area contributed by atoms with Crippen LogP contribution in [0.15, 0.2) is 16.6 Å². The third kappa shape index (κ3) is 6.35. The maximum absolute atomic E-state index is 4.52. The van der Waals surface area contributed by atoms with Gasteiger partial charge in [-0.1, -0.05) is 11.6 Å². The zero-order valence-electron chi connectivity index (χ0n) is 10.4. The largest absolute Gasteiger partial charge is 0.357 e. The average molecular weight is 337 g/mol. The van der Waals surface area contributed by atoms with E-state index in [0.29, 0.717) is 0 Å². The molecule has 0 radical (unpaired) electrons. The Morgan fingerprint density at radius 2 is 2.00 bits per heavy atom. The van der Waals surface area contributed by atoms with Crippen LogP contribution in [0.25, 0.3) is 0 Å². The molecular formula is C12H24IN3. The first kappa shape index (κ1) is 15.7. The molecule has 0 amide bonds. The van der Waals surface area contributed by atoms with Gasteiger partial charge in [-0.25, -0.2) is 0 Å².